The normalized spacial score (nSPS) is 15.7. The van der Waals surface area contributed by atoms with E-state index in [4.69, 9.17) is 0 Å². The van der Waals surface area contributed by atoms with Crippen LogP contribution in [-0.2, 0) is 9.59 Å². The fourth-order valence-electron chi connectivity index (χ4n) is 1.60. The molecule has 3 heteroatoms. The molecule has 82 valence electrons. The van der Waals surface area contributed by atoms with E-state index in [9.17, 15) is 9.59 Å². The number of hydrogen-bond donors (Lipinski definition) is 0. The van der Waals surface area contributed by atoms with Crippen LogP contribution in [0.4, 0.5) is 0 Å². The summed E-state index contributed by atoms with van der Waals surface area (Å²) >= 11 is 0. The summed E-state index contributed by atoms with van der Waals surface area (Å²) < 4.78 is 0. The van der Waals surface area contributed by atoms with Crippen LogP contribution >= 0.6 is 0 Å². The van der Waals surface area contributed by atoms with Crippen LogP contribution in [0.2, 0.25) is 0 Å². The van der Waals surface area contributed by atoms with Crippen molar-refractivity contribution < 1.29 is 9.59 Å². The van der Waals surface area contributed by atoms with Crippen molar-refractivity contribution in [3.8, 4) is 0 Å². The van der Waals surface area contributed by atoms with Crippen molar-refractivity contribution in [1.29, 1.82) is 0 Å². The Labute approximate surface area is 86.5 Å². The molecule has 0 aliphatic heterocycles. The van der Waals surface area contributed by atoms with Gasteiger partial charge in [0.2, 0.25) is 11.8 Å². The Morgan fingerprint density at radius 3 is 1.93 bits per heavy atom. The third-order valence-corrected chi connectivity index (χ3v) is 2.51. The van der Waals surface area contributed by atoms with Crippen LogP contribution < -0.4 is 0 Å². The summed E-state index contributed by atoms with van der Waals surface area (Å²) in [7, 11) is 1.56. The van der Waals surface area contributed by atoms with Crippen LogP contribution in [0.15, 0.2) is 0 Å². The second-order valence-corrected chi connectivity index (χ2v) is 3.40. The van der Waals surface area contributed by atoms with Crippen LogP contribution in [0.5, 0.6) is 0 Å². The zero-order valence-corrected chi connectivity index (χ0v) is 9.67. The van der Waals surface area contributed by atoms with Crippen molar-refractivity contribution in [2.24, 2.45) is 5.92 Å². The van der Waals surface area contributed by atoms with E-state index in [2.05, 4.69) is 0 Å². The minimum atomic E-state index is -0.160. The third kappa shape index (κ3) is 3.48. The van der Waals surface area contributed by atoms with Crippen LogP contribution in [0, 0.1) is 5.92 Å². The van der Waals surface area contributed by atoms with Crippen molar-refractivity contribution in [2.75, 3.05) is 7.05 Å². The van der Waals surface area contributed by atoms with Gasteiger partial charge < -0.3 is 0 Å². The zero-order valence-electron chi connectivity index (χ0n) is 9.67. The highest BCUT2D eigenvalue weighted by molar-refractivity contribution is 5.94. The van der Waals surface area contributed by atoms with Gasteiger partial charge in [-0.15, -0.1) is 0 Å². The molecule has 1 fully saturated rings. The summed E-state index contributed by atoms with van der Waals surface area (Å²) in [4.78, 5) is 23.6. The van der Waals surface area contributed by atoms with Gasteiger partial charge in [0.05, 0.1) is 0 Å². The maximum Gasteiger partial charge on any atom is 0.232 e. The van der Waals surface area contributed by atoms with Gasteiger partial charge in [-0.25, -0.2) is 0 Å². The van der Waals surface area contributed by atoms with Crippen molar-refractivity contribution >= 4 is 11.8 Å². The minimum absolute atomic E-state index is 0.000000000000000666. The lowest BCUT2D eigenvalue weighted by Crippen LogP contribution is -2.35. The fraction of sp³-hybridized carbons (Fsp3) is 0.818. The number of rotatable bonds is 1. The first-order valence-electron chi connectivity index (χ1n) is 5.41. The van der Waals surface area contributed by atoms with E-state index in [1.165, 1.54) is 11.8 Å². The molecule has 0 saturated heterocycles. The molecular weight excluding hydrogens is 178 g/mol. The number of hydrogen-bond acceptors (Lipinski definition) is 2. The first-order valence-corrected chi connectivity index (χ1v) is 5.41. The Balaban J connectivity index is 0.000000791. The average molecular weight is 199 g/mol. The molecule has 1 saturated carbocycles. The second kappa shape index (κ2) is 6.57. The molecular formula is C11H21NO2. The van der Waals surface area contributed by atoms with Crippen LogP contribution in [0.25, 0.3) is 0 Å². The largest absolute Gasteiger partial charge is 0.286 e. The molecule has 0 aromatic rings. The van der Waals surface area contributed by atoms with Gasteiger partial charge in [-0.3, -0.25) is 14.5 Å². The molecule has 0 bridgehead atoms. The Morgan fingerprint density at radius 1 is 1.14 bits per heavy atom. The lowest BCUT2D eigenvalue weighted by molar-refractivity contribution is -0.144. The molecule has 1 aliphatic rings. The summed E-state index contributed by atoms with van der Waals surface area (Å²) in [5, 5.41) is 0. The van der Waals surface area contributed by atoms with Crippen molar-refractivity contribution in [3.63, 3.8) is 0 Å². The smallest absolute Gasteiger partial charge is 0.232 e. The number of nitrogens with zero attached hydrogens (tertiary/aromatic N) is 1. The SMILES string of the molecule is CC.CC(=O)N(C)C(=O)C1CCCC1. The van der Waals surface area contributed by atoms with Gasteiger partial charge in [0.1, 0.15) is 0 Å². The van der Waals surface area contributed by atoms with Crippen LogP contribution in [-0.4, -0.2) is 23.8 Å². The Hall–Kier alpha value is -0.860. The van der Waals surface area contributed by atoms with E-state index >= 15 is 0 Å². The molecule has 0 heterocycles. The molecule has 0 spiro atoms. The average Bonchev–Trinajstić information content (AvgIpc) is 2.71. The molecule has 0 aromatic carbocycles. The Morgan fingerprint density at radius 2 is 1.57 bits per heavy atom. The summed E-state index contributed by atoms with van der Waals surface area (Å²) in [6, 6.07) is 0. The summed E-state index contributed by atoms with van der Waals surface area (Å²) in [6.45, 7) is 5.42. The van der Waals surface area contributed by atoms with Gasteiger partial charge in [0, 0.05) is 19.9 Å². The van der Waals surface area contributed by atoms with E-state index in [1.54, 1.807) is 7.05 Å². The lowest BCUT2D eigenvalue weighted by atomic mass is 10.1. The predicted octanol–water partition coefficient (Wildman–Crippen LogP) is 2.21. The topological polar surface area (TPSA) is 37.4 Å². The highest BCUT2D eigenvalue weighted by Gasteiger charge is 2.26. The fourth-order valence-corrected chi connectivity index (χ4v) is 1.60. The monoisotopic (exact) mass is 199 g/mol. The predicted molar refractivity (Wildman–Crippen MR) is 56.8 cm³/mol. The Kier molecular flexibility index (Phi) is 6.17. The molecule has 1 aliphatic carbocycles. The van der Waals surface area contributed by atoms with Crippen molar-refractivity contribution in [1.82, 2.24) is 4.90 Å². The summed E-state index contributed by atoms with van der Waals surface area (Å²) in [5.74, 6) is -0.0502. The van der Waals surface area contributed by atoms with E-state index in [0.29, 0.717) is 0 Å². The standard InChI is InChI=1S/C9H15NO2.C2H6/c1-7(11)10(2)9(12)8-5-3-4-6-8;1-2/h8H,3-6H2,1-2H3;1-2H3. The highest BCUT2D eigenvalue weighted by atomic mass is 16.2. The van der Waals surface area contributed by atoms with Crippen LogP contribution in [0.1, 0.15) is 46.5 Å². The number of carbonyl (C=O) groups excluding carboxylic acids is 2. The van der Waals surface area contributed by atoms with Crippen molar-refractivity contribution in [2.45, 2.75) is 46.5 Å². The van der Waals surface area contributed by atoms with Gasteiger partial charge in [-0.05, 0) is 12.8 Å². The van der Waals surface area contributed by atoms with Crippen LogP contribution in [0.3, 0.4) is 0 Å². The van der Waals surface area contributed by atoms with Gasteiger partial charge in [-0.2, -0.15) is 0 Å². The van der Waals surface area contributed by atoms with Gasteiger partial charge in [0.25, 0.3) is 0 Å². The van der Waals surface area contributed by atoms with E-state index in [-0.39, 0.29) is 17.7 Å². The maximum atomic E-state index is 11.5. The summed E-state index contributed by atoms with van der Waals surface area (Å²) in [6.07, 6.45) is 4.16. The third-order valence-electron chi connectivity index (χ3n) is 2.51. The van der Waals surface area contributed by atoms with E-state index in [0.717, 1.165) is 25.7 Å². The lowest BCUT2D eigenvalue weighted by Gasteiger charge is -2.16. The first-order chi connectivity index (χ1) is 6.63. The quantitative estimate of drug-likeness (QED) is 0.649. The molecule has 0 aromatic heterocycles. The van der Waals surface area contributed by atoms with Crippen molar-refractivity contribution in [3.05, 3.63) is 0 Å². The molecule has 1 rings (SSSR count). The minimum Gasteiger partial charge on any atom is -0.286 e. The number of imide groups is 1. The molecule has 0 N–H and O–H groups in total. The van der Waals surface area contributed by atoms with Gasteiger partial charge >= 0.3 is 0 Å². The molecule has 0 unspecified atom stereocenters. The second-order valence-electron chi connectivity index (χ2n) is 3.40. The van der Waals surface area contributed by atoms with Gasteiger partial charge in [0.15, 0.2) is 0 Å². The van der Waals surface area contributed by atoms with E-state index in [1.807, 2.05) is 13.8 Å². The zero-order chi connectivity index (χ0) is 11.1. The van der Waals surface area contributed by atoms with E-state index < -0.39 is 0 Å². The molecule has 2 amide bonds. The highest BCUT2D eigenvalue weighted by Crippen LogP contribution is 2.26. The molecule has 0 radical (unpaired) electrons. The molecule has 14 heavy (non-hydrogen) atoms. The van der Waals surface area contributed by atoms with Gasteiger partial charge in [-0.1, -0.05) is 26.7 Å². The maximum absolute atomic E-state index is 11.5. The Bertz CT molecular complexity index is 195. The molecule has 3 nitrogen and oxygen atoms in total. The molecule has 0 atom stereocenters. The number of amides is 2. The first kappa shape index (κ1) is 13.1. The summed E-state index contributed by atoms with van der Waals surface area (Å²) in [5.41, 5.74) is 0. The number of carbonyl (C=O) groups is 2.